The lowest BCUT2D eigenvalue weighted by atomic mass is 9.98. The van der Waals surface area contributed by atoms with Gasteiger partial charge in [-0.25, -0.2) is 4.79 Å². The molecule has 0 saturated heterocycles. The van der Waals surface area contributed by atoms with Crippen molar-refractivity contribution in [1.82, 2.24) is 0 Å². The molecule has 1 N–H and O–H groups in total. The molecule has 0 saturated carbocycles. The molecule has 202 valence electrons. The number of thioether (sulfide) groups is 1. The van der Waals surface area contributed by atoms with Gasteiger partial charge in [-0.1, -0.05) is 69.9 Å². The minimum atomic E-state index is -0.277. The molecule has 0 amide bonds. The van der Waals surface area contributed by atoms with Gasteiger partial charge in [-0.15, -0.1) is 11.8 Å². The third-order valence-corrected chi connectivity index (χ3v) is 7.61. The van der Waals surface area contributed by atoms with Crippen LogP contribution in [0.1, 0.15) is 94.8 Å². The van der Waals surface area contributed by atoms with Gasteiger partial charge >= 0.3 is 11.9 Å². The van der Waals surface area contributed by atoms with E-state index >= 15 is 0 Å². The van der Waals surface area contributed by atoms with Gasteiger partial charge in [0.1, 0.15) is 5.76 Å². The van der Waals surface area contributed by atoms with Crippen LogP contribution < -0.4 is 0 Å². The van der Waals surface area contributed by atoms with Crippen LogP contribution in [0.4, 0.5) is 0 Å². The van der Waals surface area contributed by atoms with Crippen LogP contribution in [0, 0.1) is 11.8 Å². The third kappa shape index (κ3) is 12.8. The second-order valence-electron chi connectivity index (χ2n) is 9.18. The lowest BCUT2D eigenvalue weighted by molar-refractivity contribution is -0.140. The average Bonchev–Trinajstić information content (AvgIpc) is 3.29. The number of rotatable bonds is 16. The van der Waals surface area contributed by atoms with E-state index in [2.05, 4.69) is 26.0 Å². The van der Waals surface area contributed by atoms with E-state index in [0.717, 1.165) is 63.1 Å². The number of unbranched alkanes of at least 4 members (excludes halogenated alkanes) is 3. The van der Waals surface area contributed by atoms with Crippen LogP contribution in [0.5, 0.6) is 0 Å². The van der Waals surface area contributed by atoms with Crippen molar-refractivity contribution in [3.05, 3.63) is 58.7 Å². The summed E-state index contributed by atoms with van der Waals surface area (Å²) in [5.41, 5.74) is 0.585. The van der Waals surface area contributed by atoms with Gasteiger partial charge in [0.2, 0.25) is 0 Å². The van der Waals surface area contributed by atoms with Crippen molar-refractivity contribution in [3.63, 3.8) is 0 Å². The smallest absolute Gasteiger partial charge is 0.343 e. The first-order valence-corrected chi connectivity index (χ1v) is 14.3. The van der Waals surface area contributed by atoms with E-state index in [1.165, 1.54) is 37.7 Å². The van der Waals surface area contributed by atoms with Gasteiger partial charge in [-0.2, -0.15) is 0 Å². The van der Waals surface area contributed by atoms with Gasteiger partial charge in [0.15, 0.2) is 0 Å². The van der Waals surface area contributed by atoms with Gasteiger partial charge in [0.05, 0.1) is 12.7 Å². The van der Waals surface area contributed by atoms with E-state index in [0.29, 0.717) is 17.9 Å². The van der Waals surface area contributed by atoms with Crippen LogP contribution in [-0.2, 0) is 14.3 Å². The van der Waals surface area contributed by atoms with Gasteiger partial charge < -0.3 is 14.6 Å². The Bertz CT molecular complexity index is 803. The average molecular weight is 519 g/mol. The number of allylic oxidation sites excluding steroid dienone is 4. The van der Waals surface area contributed by atoms with Crippen molar-refractivity contribution in [3.8, 4) is 0 Å². The molecule has 6 heteroatoms. The highest BCUT2D eigenvalue weighted by Crippen LogP contribution is 2.41. The first-order chi connectivity index (χ1) is 17.5. The fraction of sp³-hybridized carbons (Fsp3) is 0.600. The molecule has 0 heterocycles. The molecule has 2 rings (SSSR count). The van der Waals surface area contributed by atoms with Crippen molar-refractivity contribution in [2.45, 2.75) is 84.5 Å². The van der Waals surface area contributed by atoms with E-state index < -0.39 is 0 Å². The summed E-state index contributed by atoms with van der Waals surface area (Å²) in [6, 6.07) is 9.20. The summed E-state index contributed by atoms with van der Waals surface area (Å²) in [6.45, 7) is 4.60. The van der Waals surface area contributed by atoms with Crippen LogP contribution >= 0.6 is 11.8 Å². The van der Waals surface area contributed by atoms with Gasteiger partial charge in [0, 0.05) is 30.8 Å². The Morgan fingerprint density at radius 1 is 1.11 bits per heavy atom. The molecule has 5 nitrogen and oxygen atoms in total. The number of ether oxygens (including phenoxy) is 2. The quantitative estimate of drug-likeness (QED) is 0.137. The van der Waals surface area contributed by atoms with Crippen LogP contribution in [0.2, 0.25) is 0 Å². The lowest BCUT2D eigenvalue weighted by Gasteiger charge is -2.13. The molecule has 1 aromatic rings. The Kier molecular flexibility index (Phi) is 17.8. The van der Waals surface area contributed by atoms with Gasteiger partial charge in [0.25, 0.3) is 0 Å². The summed E-state index contributed by atoms with van der Waals surface area (Å²) < 4.78 is 10.6. The Balaban J connectivity index is 0.00000316. The molecule has 0 aromatic heterocycles. The second-order valence-corrected chi connectivity index (χ2v) is 10.3. The first kappa shape index (κ1) is 32.0. The van der Waals surface area contributed by atoms with E-state index in [1.54, 1.807) is 12.1 Å². The van der Waals surface area contributed by atoms with E-state index in [1.807, 2.05) is 30.0 Å². The number of aliphatic hydroxyl groups excluding tert-OH is 1. The number of carbonyl (C=O) groups excluding carboxylic acids is 2. The van der Waals surface area contributed by atoms with Crippen molar-refractivity contribution >= 4 is 23.7 Å². The minimum Gasteiger partial charge on any atom is -0.469 e. The molecule has 0 bridgehead atoms. The number of methoxy groups -OCH3 is 1. The number of benzene rings is 1. The summed E-state index contributed by atoms with van der Waals surface area (Å²) in [5.74, 6) is 2.46. The Labute approximate surface area is 222 Å². The SMILES string of the molecule is CCCCC(C)CC/C=C/C1CCC(OC(=O)c2ccccc2)=C1SCCCCCC(=O)OC.CO. The minimum absolute atomic E-state index is 0.143. The van der Waals surface area contributed by atoms with Crippen molar-refractivity contribution in [1.29, 1.82) is 0 Å². The highest BCUT2D eigenvalue weighted by molar-refractivity contribution is 8.03. The first-order valence-electron chi connectivity index (χ1n) is 13.4. The van der Waals surface area contributed by atoms with E-state index in [-0.39, 0.29) is 11.9 Å². The molecule has 2 unspecified atom stereocenters. The molecule has 1 aliphatic carbocycles. The number of esters is 2. The third-order valence-electron chi connectivity index (χ3n) is 6.27. The highest BCUT2D eigenvalue weighted by atomic mass is 32.2. The fourth-order valence-electron chi connectivity index (χ4n) is 4.14. The number of hydrogen-bond donors (Lipinski definition) is 1. The van der Waals surface area contributed by atoms with Crippen LogP contribution in [0.15, 0.2) is 53.1 Å². The molecule has 0 spiro atoms. The van der Waals surface area contributed by atoms with Crippen molar-refractivity contribution < 1.29 is 24.2 Å². The molecule has 1 aliphatic rings. The van der Waals surface area contributed by atoms with Crippen molar-refractivity contribution in [2.24, 2.45) is 11.8 Å². The Morgan fingerprint density at radius 2 is 1.86 bits per heavy atom. The van der Waals surface area contributed by atoms with Gasteiger partial charge in [-0.05, 0) is 55.9 Å². The summed E-state index contributed by atoms with van der Waals surface area (Å²) >= 11 is 1.81. The molecule has 0 radical (unpaired) electrons. The maximum Gasteiger partial charge on any atom is 0.343 e. The fourth-order valence-corrected chi connectivity index (χ4v) is 5.42. The van der Waals surface area contributed by atoms with E-state index in [4.69, 9.17) is 14.6 Å². The predicted molar refractivity (Wildman–Crippen MR) is 150 cm³/mol. The number of carbonyl (C=O) groups is 2. The highest BCUT2D eigenvalue weighted by Gasteiger charge is 2.27. The normalized spacial score (nSPS) is 16.0. The maximum absolute atomic E-state index is 12.7. The standard InChI is InChI=1S/C29H42O4S.CH4O/c1-4-5-14-23(2)15-11-12-16-24-20-21-26(33-29(31)25-17-8-6-9-18-25)28(24)34-22-13-7-10-19-27(30)32-3;1-2/h6,8-9,12,16-18,23-24H,4-5,7,10-11,13-15,19-22H2,1-3H3;2H,1H3/b16-12+;. The topological polar surface area (TPSA) is 72.8 Å². The monoisotopic (exact) mass is 518 g/mol. The predicted octanol–water partition coefficient (Wildman–Crippen LogP) is 7.70. The molecule has 0 fully saturated rings. The zero-order valence-corrected chi connectivity index (χ0v) is 23.5. The maximum atomic E-state index is 12.7. The summed E-state index contributed by atoms with van der Waals surface area (Å²) in [7, 11) is 2.43. The number of hydrogen-bond acceptors (Lipinski definition) is 6. The van der Waals surface area contributed by atoms with Gasteiger partial charge in [-0.3, -0.25) is 4.79 Å². The van der Waals surface area contributed by atoms with Crippen LogP contribution in [-0.4, -0.2) is 37.0 Å². The summed E-state index contributed by atoms with van der Waals surface area (Å²) in [4.78, 5) is 25.1. The molecule has 1 aromatic carbocycles. The molecule has 36 heavy (non-hydrogen) atoms. The second kappa shape index (κ2) is 20.1. The van der Waals surface area contributed by atoms with Crippen LogP contribution in [0.3, 0.4) is 0 Å². The molecular weight excluding hydrogens is 472 g/mol. The summed E-state index contributed by atoms with van der Waals surface area (Å²) in [6.07, 6.45) is 16.0. The zero-order chi connectivity index (χ0) is 26.6. The largest absolute Gasteiger partial charge is 0.469 e. The van der Waals surface area contributed by atoms with Crippen LogP contribution in [0.25, 0.3) is 0 Å². The molecule has 0 aliphatic heterocycles. The molecule has 2 atom stereocenters. The Morgan fingerprint density at radius 3 is 2.56 bits per heavy atom. The lowest BCUT2D eigenvalue weighted by Crippen LogP contribution is -2.05. The Hall–Kier alpha value is -2.05. The molecular formula is C30H46O5S. The zero-order valence-electron chi connectivity index (χ0n) is 22.7. The number of aliphatic hydroxyl groups is 1. The summed E-state index contributed by atoms with van der Waals surface area (Å²) in [5, 5.41) is 7.00. The van der Waals surface area contributed by atoms with Crippen molar-refractivity contribution in [2.75, 3.05) is 20.0 Å². The van der Waals surface area contributed by atoms with E-state index in [9.17, 15) is 9.59 Å².